The summed E-state index contributed by atoms with van der Waals surface area (Å²) < 4.78 is 19.9. The van der Waals surface area contributed by atoms with Gasteiger partial charge in [0.15, 0.2) is 5.13 Å². The lowest BCUT2D eigenvalue weighted by molar-refractivity contribution is 0.101. The molecule has 1 aliphatic heterocycles. The van der Waals surface area contributed by atoms with E-state index in [1.807, 2.05) is 29.6 Å². The molecule has 11 heteroatoms. The summed E-state index contributed by atoms with van der Waals surface area (Å²) in [4.78, 5) is 35.0. The zero-order valence-corrected chi connectivity index (χ0v) is 20.9. The number of hydrogen-bond acceptors (Lipinski definition) is 7. The molecule has 0 bridgehead atoms. The number of ether oxygens (including phenoxy) is 1. The van der Waals surface area contributed by atoms with E-state index < -0.39 is 12.0 Å². The summed E-state index contributed by atoms with van der Waals surface area (Å²) in [6, 6.07) is 14.3. The lowest BCUT2D eigenvalue weighted by Gasteiger charge is -2.25. The van der Waals surface area contributed by atoms with E-state index in [9.17, 15) is 14.0 Å². The largest absolute Gasteiger partial charge is 0.453 e. The van der Waals surface area contributed by atoms with Crippen molar-refractivity contribution in [3.05, 3.63) is 89.2 Å². The molecule has 0 spiro atoms. The first-order chi connectivity index (χ1) is 18.0. The van der Waals surface area contributed by atoms with E-state index in [1.165, 1.54) is 30.7 Å². The highest BCUT2D eigenvalue weighted by atomic mass is 32.1. The number of benzene rings is 1. The molecule has 2 amide bonds. The molecule has 5 rings (SSSR count). The van der Waals surface area contributed by atoms with E-state index in [0.717, 1.165) is 30.8 Å². The van der Waals surface area contributed by atoms with Crippen molar-refractivity contribution in [3.8, 4) is 0 Å². The molecule has 1 atom stereocenters. The number of halogens is 1. The van der Waals surface area contributed by atoms with Crippen LogP contribution in [0.1, 0.15) is 40.6 Å². The predicted octanol–water partition coefficient (Wildman–Crippen LogP) is 5.30. The first-order valence-electron chi connectivity index (χ1n) is 11.7. The minimum atomic E-state index is -0.555. The van der Waals surface area contributed by atoms with Gasteiger partial charge in [-0.15, -0.1) is 11.3 Å². The molecule has 1 saturated heterocycles. The van der Waals surface area contributed by atoms with Crippen molar-refractivity contribution in [1.29, 1.82) is 0 Å². The number of carbonyl (C=O) groups is 2. The van der Waals surface area contributed by atoms with Crippen molar-refractivity contribution in [3.63, 3.8) is 0 Å². The molecule has 0 radical (unpaired) electrons. The van der Waals surface area contributed by atoms with Gasteiger partial charge in [0.05, 0.1) is 18.8 Å². The molecule has 2 N–H and O–H groups in total. The Kier molecular flexibility index (Phi) is 7.13. The van der Waals surface area contributed by atoms with E-state index in [0.29, 0.717) is 28.6 Å². The Morgan fingerprint density at radius 1 is 1.19 bits per heavy atom. The second-order valence-corrected chi connectivity index (χ2v) is 9.41. The van der Waals surface area contributed by atoms with Gasteiger partial charge in [0.2, 0.25) is 5.95 Å². The molecule has 37 heavy (non-hydrogen) atoms. The second kappa shape index (κ2) is 10.8. The van der Waals surface area contributed by atoms with E-state index in [4.69, 9.17) is 4.98 Å². The van der Waals surface area contributed by atoms with Crippen LogP contribution in [0.25, 0.3) is 0 Å². The highest BCUT2D eigenvalue weighted by Gasteiger charge is 2.28. The average molecular weight is 521 g/mol. The summed E-state index contributed by atoms with van der Waals surface area (Å²) in [6.07, 6.45) is 4.65. The van der Waals surface area contributed by atoms with Crippen molar-refractivity contribution < 1.29 is 18.7 Å². The van der Waals surface area contributed by atoms with Gasteiger partial charge >= 0.3 is 6.09 Å². The monoisotopic (exact) mass is 520 g/mol. The van der Waals surface area contributed by atoms with Gasteiger partial charge in [-0.05, 0) is 66.9 Å². The van der Waals surface area contributed by atoms with Gasteiger partial charge in [0.1, 0.15) is 5.69 Å². The zero-order chi connectivity index (χ0) is 25.8. The molecular formula is C26H25FN6O3S. The lowest BCUT2D eigenvalue weighted by atomic mass is 10.1. The molecule has 4 heterocycles. The molecule has 0 unspecified atom stereocenters. The summed E-state index contributed by atoms with van der Waals surface area (Å²) in [7, 11) is 1.32. The summed E-state index contributed by atoms with van der Waals surface area (Å²) in [5, 5.41) is 8.05. The number of methoxy groups -OCH3 is 1. The van der Waals surface area contributed by atoms with Crippen LogP contribution in [0.2, 0.25) is 0 Å². The number of pyridine rings is 1. The van der Waals surface area contributed by atoms with Crippen LogP contribution in [0.15, 0.2) is 66.3 Å². The Bertz CT molecular complexity index is 1400. The number of aromatic nitrogens is 3. The number of carbonyl (C=O) groups excluding carboxylic acids is 2. The van der Waals surface area contributed by atoms with Crippen molar-refractivity contribution in [2.75, 3.05) is 29.2 Å². The number of amides is 2. The second-order valence-electron chi connectivity index (χ2n) is 8.55. The maximum absolute atomic E-state index is 13.5. The van der Waals surface area contributed by atoms with Crippen LogP contribution < -0.4 is 15.5 Å². The number of nitrogens with one attached hydrogen (secondary N) is 2. The molecule has 9 nitrogen and oxygen atoms in total. The van der Waals surface area contributed by atoms with Crippen molar-refractivity contribution in [2.45, 2.75) is 25.4 Å². The quantitative estimate of drug-likeness (QED) is 0.321. The van der Waals surface area contributed by atoms with Crippen LogP contribution in [0, 0.1) is 5.95 Å². The lowest BCUT2D eigenvalue weighted by Crippen LogP contribution is -2.23. The van der Waals surface area contributed by atoms with Gasteiger partial charge in [-0.2, -0.15) is 4.39 Å². The molecule has 1 fully saturated rings. The maximum atomic E-state index is 13.5. The van der Waals surface area contributed by atoms with Gasteiger partial charge in [0.25, 0.3) is 5.91 Å². The Labute approximate surface area is 216 Å². The van der Waals surface area contributed by atoms with Crippen molar-refractivity contribution >= 4 is 39.8 Å². The van der Waals surface area contributed by atoms with Gasteiger partial charge in [-0.1, -0.05) is 0 Å². The third-order valence-electron chi connectivity index (χ3n) is 6.17. The van der Waals surface area contributed by atoms with Gasteiger partial charge in [-0.3, -0.25) is 15.4 Å². The minimum Gasteiger partial charge on any atom is -0.453 e. The van der Waals surface area contributed by atoms with Crippen molar-refractivity contribution in [1.82, 2.24) is 14.5 Å². The summed E-state index contributed by atoms with van der Waals surface area (Å²) in [6.45, 7) is 1.24. The van der Waals surface area contributed by atoms with E-state index in [1.54, 1.807) is 29.0 Å². The highest BCUT2D eigenvalue weighted by Crippen LogP contribution is 2.37. The molecule has 3 aromatic heterocycles. The predicted molar refractivity (Wildman–Crippen MR) is 140 cm³/mol. The highest BCUT2D eigenvalue weighted by molar-refractivity contribution is 7.14. The maximum Gasteiger partial charge on any atom is 0.411 e. The van der Waals surface area contributed by atoms with Crippen LogP contribution >= 0.6 is 11.3 Å². The number of rotatable bonds is 7. The molecule has 1 aromatic carbocycles. The Morgan fingerprint density at radius 3 is 2.81 bits per heavy atom. The van der Waals surface area contributed by atoms with Crippen LogP contribution in [0.3, 0.4) is 0 Å². The fraction of sp³-hybridized carbons (Fsp3) is 0.231. The van der Waals surface area contributed by atoms with E-state index in [2.05, 4.69) is 25.3 Å². The van der Waals surface area contributed by atoms with Crippen molar-refractivity contribution in [2.24, 2.45) is 0 Å². The Balaban J connectivity index is 1.26. The average Bonchev–Trinajstić information content (AvgIpc) is 3.65. The molecule has 0 aliphatic carbocycles. The molecule has 4 aromatic rings. The zero-order valence-electron chi connectivity index (χ0n) is 20.1. The smallest absolute Gasteiger partial charge is 0.411 e. The number of thiazole rings is 1. The van der Waals surface area contributed by atoms with E-state index in [-0.39, 0.29) is 11.9 Å². The van der Waals surface area contributed by atoms with Gasteiger partial charge < -0.3 is 14.2 Å². The normalized spacial score (nSPS) is 15.0. The van der Waals surface area contributed by atoms with Crippen LogP contribution in [-0.2, 0) is 11.3 Å². The van der Waals surface area contributed by atoms with Crippen LogP contribution in [0.5, 0.6) is 0 Å². The van der Waals surface area contributed by atoms with Crippen LogP contribution in [0.4, 0.5) is 25.7 Å². The fourth-order valence-corrected chi connectivity index (χ4v) is 5.19. The first kappa shape index (κ1) is 24.4. The third kappa shape index (κ3) is 5.61. The molecule has 0 saturated carbocycles. The Hall–Kier alpha value is -4.25. The first-order valence-corrected chi connectivity index (χ1v) is 12.6. The number of anilines is 3. The standard InChI is InChI=1S/C26H25FN6O3S/c1-36-26(35)29-18-6-8-19(9-7-18)33-13-3-4-21(33)20-16-37-25(30-20)31-24(34)22-5-2-12-32(22)15-17-10-11-28-23(27)14-17/h2,5-12,14,16,21H,3-4,13,15H2,1H3,(H,29,35)(H,30,31,34)/t21-/m1/s1. The van der Waals surface area contributed by atoms with Gasteiger partial charge in [0, 0.05) is 42.2 Å². The third-order valence-corrected chi connectivity index (χ3v) is 6.95. The summed E-state index contributed by atoms with van der Waals surface area (Å²) in [5.41, 5.74) is 3.75. The minimum absolute atomic E-state index is 0.0896. The number of hydrogen-bond donors (Lipinski definition) is 2. The number of nitrogens with zero attached hydrogens (tertiary/aromatic N) is 4. The van der Waals surface area contributed by atoms with Crippen LogP contribution in [-0.4, -0.2) is 40.2 Å². The SMILES string of the molecule is COC(=O)Nc1ccc(N2CCC[C@@H]2c2csc(NC(=O)c3cccn3Cc3ccnc(F)c3)n2)cc1. The molecular weight excluding hydrogens is 495 g/mol. The molecule has 1 aliphatic rings. The Morgan fingerprint density at radius 2 is 2.03 bits per heavy atom. The fourth-order valence-electron chi connectivity index (χ4n) is 4.44. The summed E-state index contributed by atoms with van der Waals surface area (Å²) in [5.74, 6) is -0.835. The molecule has 190 valence electrons. The van der Waals surface area contributed by atoms with Gasteiger partial charge in [-0.25, -0.2) is 14.8 Å². The topological polar surface area (TPSA) is 101 Å². The van der Waals surface area contributed by atoms with E-state index >= 15 is 0 Å². The summed E-state index contributed by atoms with van der Waals surface area (Å²) >= 11 is 1.38.